The first-order valence-corrected chi connectivity index (χ1v) is 8.15. The maximum absolute atomic E-state index is 14.1. The standard InChI is InChI=1S/C19H20Cl2FNO2/c1-11(9-18(23)24)5-8-16(22)12(2)6-7-14-15(20)10-17(25-4)13(3)19(14)21/h5-10H,1-4H3,(H2,23,24)/b7-6+,8-5+,11-9+,16-12+. The fourth-order valence-corrected chi connectivity index (χ4v) is 2.54. The number of amides is 1. The van der Waals surface area contributed by atoms with Crippen LogP contribution >= 0.6 is 23.2 Å². The number of allylic oxidation sites excluding steroid dienone is 6. The molecule has 0 heterocycles. The molecule has 0 radical (unpaired) electrons. The highest BCUT2D eigenvalue weighted by atomic mass is 35.5. The molecule has 0 aliphatic carbocycles. The number of hydrogen-bond acceptors (Lipinski definition) is 2. The minimum Gasteiger partial charge on any atom is -0.496 e. The predicted octanol–water partition coefficient (Wildman–Crippen LogP) is 5.55. The van der Waals surface area contributed by atoms with Crippen LogP contribution in [0.5, 0.6) is 5.75 Å². The summed E-state index contributed by atoms with van der Waals surface area (Å²) in [6.45, 7) is 5.08. The molecule has 2 N–H and O–H groups in total. The van der Waals surface area contributed by atoms with Crippen LogP contribution in [0.2, 0.25) is 10.0 Å². The molecule has 0 unspecified atom stereocenters. The van der Waals surface area contributed by atoms with E-state index in [4.69, 9.17) is 33.7 Å². The van der Waals surface area contributed by atoms with E-state index in [0.717, 1.165) is 5.56 Å². The van der Waals surface area contributed by atoms with Gasteiger partial charge in [0.05, 0.1) is 17.2 Å². The van der Waals surface area contributed by atoms with Gasteiger partial charge in [-0.05, 0) is 44.1 Å². The van der Waals surface area contributed by atoms with Crippen molar-refractivity contribution in [2.45, 2.75) is 20.8 Å². The van der Waals surface area contributed by atoms with E-state index in [1.807, 2.05) is 6.92 Å². The Hall–Kier alpha value is -2.04. The fraction of sp³-hybridized carbons (Fsp3) is 0.211. The molecule has 1 amide bonds. The van der Waals surface area contributed by atoms with Gasteiger partial charge in [-0.2, -0.15) is 0 Å². The summed E-state index contributed by atoms with van der Waals surface area (Å²) in [4.78, 5) is 10.7. The first-order chi connectivity index (χ1) is 11.7. The number of benzene rings is 1. The molecule has 1 rings (SSSR count). The van der Waals surface area contributed by atoms with E-state index < -0.39 is 11.7 Å². The Morgan fingerprint density at radius 1 is 1.24 bits per heavy atom. The lowest BCUT2D eigenvalue weighted by Crippen LogP contribution is -2.06. The molecule has 0 atom stereocenters. The van der Waals surface area contributed by atoms with E-state index in [9.17, 15) is 9.18 Å². The van der Waals surface area contributed by atoms with Gasteiger partial charge in [-0.3, -0.25) is 4.79 Å². The van der Waals surface area contributed by atoms with Crippen molar-refractivity contribution in [3.8, 4) is 5.75 Å². The van der Waals surface area contributed by atoms with Crippen molar-refractivity contribution < 1.29 is 13.9 Å². The van der Waals surface area contributed by atoms with Crippen LogP contribution in [-0.2, 0) is 4.79 Å². The lowest BCUT2D eigenvalue weighted by molar-refractivity contribution is -0.113. The molecule has 0 aromatic heterocycles. The average Bonchev–Trinajstić information content (AvgIpc) is 2.54. The number of halogens is 3. The number of ether oxygens (including phenoxy) is 1. The second-order valence-corrected chi connectivity index (χ2v) is 6.19. The molecule has 0 saturated heterocycles. The second-order valence-electron chi connectivity index (χ2n) is 5.40. The monoisotopic (exact) mass is 383 g/mol. The summed E-state index contributed by atoms with van der Waals surface area (Å²) in [5, 5.41) is 0.859. The quantitative estimate of drug-likeness (QED) is 0.516. The van der Waals surface area contributed by atoms with E-state index >= 15 is 0 Å². The third-order valence-electron chi connectivity index (χ3n) is 3.41. The van der Waals surface area contributed by atoms with Crippen molar-refractivity contribution in [1.29, 1.82) is 0 Å². The summed E-state index contributed by atoms with van der Waals surface area (Å²) >= 11 is 12.5. The Balaban J connectivity index is 3.11. The van der Waals surface area contributed by atoms with Crippen molar-refractivity contribution >= 4 is 35.2 Å². The normalized spacial score (nSPS) is 13.5. The molecule has 1 aromatic carbocycles. The highest BCUT2D eigenvalue weighted by Gasteiger charge is 2.11. The topological polar surface area (TPSA) is 52.3 Å². The maximum atomic E-state index is 14.1. The van der Waals surface area contributed by atoms with Crippen LogP contribution in [0, 0.1) is 6.92 Å². The number of carbonyl (C=O) groups excluding carboxylic acids is 1. The van der Waals surface area contributed by atoms with Crippen LogP contribution < -0.4 is 10.5 Å². The Morgan fingerprint density at radius 3 is 2.44 bits per heavy atom. The molecule has 0 spiro atoms. The van der Waals surface area contributed by atoms with Crippen LogP contribution in [0.3, 0.4) is 0 Å². The van der Waals surface area contributed by atoms with Crippen LogP contribution in [0.25, 0.3) is 6.08 Å². The Labute approximate surface area is 157 Å². The summed E-state index contributed by atoms with van der Waals surface area (Å²) in [7, 11) is 1.54. The number of hydrogen-bond donors (Lipinski definition) is 1. The van der Waals surface area contributed by atoms with E-state index in [1.165, 1.54) is 25.3 Å². The minimum absolute atomic E-state index is 0.378. The van der Waals surface area contributed by atoms with Gasteiger partial charge >= 0.3 is 0 Å². The molecular weight excluding hydrogens is 364 g/mol. The molecule has 0 saturated carbocycles. The van der Waals surface area contributed by atoms with Crippen molar-refractivity contribution in [2.24, 2.45) is 5.73 Å². The number of rotatable bonds is 6. The molecule has 0 aliphatic heterocycles. The molecule has 0 fully saturated rings. The summed E-state index contributed by atoms with van der Waals surface area (Å²) in [5.41, 5.74) is 7.30. The van der Waals surface area contributed by atoms with Gasteiger partial charge in [0.2, 0.25) is 5.91 Å². The van der Waals surface area contributed by atoms with E-state index in [1.54, 1.807) is 32.1 Å². The Morgan fingerprint density at radius 2 is 1.88 bits per heavy atom. The second kappa shape index (κ2) is 9.44. The highest BCUT2D eigenvalue weighted by Crippen LogP contribution is 2.35. The number of methoxy groups -OCH3 is 1. The van der Waals surface area contributed by atoms with E-state index in [2.05, 4.69) is 0 Å². The number of carbonyl (C=O) groups is 1. The van der Waals surface area contributed by atoms with Crippen LogP contribution in [0.1, 0.15) is 25.0 Å². The Bertz CT molecular complexity index is 793. The first-order valence-electron chi connectivity index (χ1n) is 7.40. The van der Waals surface area contributed by atoms with E-state index in [0.29, 0.717) is 32.5 Å². The third kappa shape index (κ3) is 6.07. The van der Waals surface area contributed by atoms with Gasteiger partial charge in [-0.15, -0.1) is 0 Å². The lowest BCUT2D eigenvalue weighted by atomic mass is 10.1. The first kappa shape index (κ1) is 21.0. The van der Waals surface area contributed by atoms with Gasteiger partial charge in [0, 0.05) is 17.2 Å². The summed E-state index contributed by atoms with van der Waals surface area (Å²) in [6.07, 6.45) is 7.16. The van der Waals surface area contributed by atoms with Crippen molar-refractivity contribution in [2.75, 3.05) is 7.11 Å². The zero-order chi connectivity index (χ0) is 19.1. The summed E-state index contributed by atoms with van der Waals surface area (Å²) in [5.74, 6) is -0.446. The van der Waals surface area contributed by atoms with Gasteiger partial charge in [0.1, 0.15) is 11.6 Å². The summed E-state index contributed by atoms with van der Waals surface area (Å²) in [6, 6.07) is 1.66. The fourth-order valence-electron chi connectivity index (χ4n) is 1.98. The van der Waals surface area contributed by atoms with Gasteiger partial charge < -0.3 is 10.5 Å². The van der Waals surface area contributed by atoms with Crippen LogP contribution in [0.15, 0.2) is 47.3 Å². The maximum Gasteiger partial charge on any atom is 0.241 e. The third-order valence-corrected chi connectivity index (χ3v) is 4.21. The number of nitrogens with two attached hydrogens (primary N) is 1. The molecule has 0 aliphatic rings. The van der Waals surface area contributed by atoms with Gasteiger partial charge in [-0.25, -0.2) is 4.39 Å². The molecule has 3 nitrogen and oxygen atoms in total. The highest BCUT2D eigenvalue weighted by molar-refractivity contribution is 6.38. The summed E-state index contributed by atoms with van der Waals surface area (Å²) < 4.78 is 19.3. The minimum atomic E-state index is -0.581. The average molecular weight is 384 g/mol. The molecule has 1 aromatic rings. The lowest BCUT2D eigenvalue weighted by Gasteiger charge is -2.10. The van der Waals surface area contributed by atoms with E-state index in [-0.39, 0.29) is 0 Å². The smallest absolute Gasteiger partial charge is 0.241 e. The predicted molar refractivity (Wildman–Crippen MR) is 103 cm³/mol. The zero-order valence-corrected chi connectivity index (χ0v) is 16.0. The molecule has 0 bridgehead atoms. The van der Waals surface area contributed by atoms with Crippen molar-refractivity contribution in [3.63, 3.8) is 0 Å². The SMILES string of the molecule is COc1cc(Cl)c(/C=C/C(C)=C(F)\C=C\C(C)=C\C(N)=O)c(Cl)c1C. The van der Waals surface area contributed by atoms with Gasteiger partial charge in [0.15, 0.2) is 0 Å². The Kier molecular flexibility index (Phi) is 7.94. The van der Waals surface area contributed by atoms with Crippen LogP contribution in [0.4, 0.5) is 4.39 Å². The van der Waals surface area contributed by atoms with Gasteiger partial charge in [0.25, 0.3) is 0 Å². The molecular formula is C19H20Cl2FNO2. The van der Waals surface area contributed by atoms with Crippen molar-refractivity contribution in [3.05, 3.63) is 68.5 Å². The van der Waals surface area contributed by atoms with Crippen LogP contribution in [-0.4, -0.2) is 13.0 Å². The molecule has 25 heavy (non-hydrogen) atoms. The van der Waals surface area contributed by atoms with Gasteiger partial charge in [-0.1, -0.05) is 41.4 Å². The zero-order valence-electron chi connectivity index (χ0n) is 14.5. The molecule has 134 valence electrons. The van der Waals surface area contributed by atoms with Crippen molar-refractivity contribution in [1.82, 2.24) is 0 Å². The number of primary amides is 1. The largest absolute Gasteiger partial charge is 0.496 e. The molecule has 6 heteroatoms.